The first-order valence-corrected chi connectivity index (χ1v) is 10.2. The van der Waals surface area contributed by atoms with Gasteiger partial charge in [0, 0.05) is 20.2 Å². The Morgan fingerprint density at radius 1 is 1.19 bits per heavy atom. The molecule has 0 saturated carbocycles. The topological polar surface area (TPSA) is 72.0 Å². The average molecular weight is 443 g/mol. The largest absolute Gasteiger partial charge is 0.352 e. The van der Waals surface area contributed by atoms with Crippen LogP contribution < -0.4 is 10.6 Å². The number of methoxy groups -OCH3 is 1. The van der Waals surface area contributed by atoms with Gasteiger partial charge in [-0.25, -0.2) is 4.79 Å². The molecule has 1 atom stereocenters. The van der Waals surface area contributed by atoms with Gasteiger partial charge >= 0.3 is 17.7 Å². The molecule has 1 aliphatic heterocycles. The summed E-state index contributed by atoms with van der Waals surface area (Å²) in [4.78, 5) is 17.2. The van der Waals surface area contributed by atoms with Crippen molar-refractivity contribution < 1.29 is 23.1 Å². The van der Waals surface area contributed by atoms with Gasteiger partial charge < -0.3 is 20.2 Å². The number of rotatable bonds is 8. The second kappa shape index (κ2) is 9.48. The smallest absolute Gasteiger partial charge is 0.335 e. The van der Waals surface area contributed by atoms with Crippen LogP contribution >= 0.6 is 0 Å². The summed E-state index contributed by atoms with van der Waals surface area (Å²) in [6.07, 6.45) is -0.239. The normalized spacial score (nSPS) is 18.0. The highest BCUT2D eigenvalue weighted by molar-refractivity contribution is 6.01. The number of hydrogen-bond acceptors (Lipinski definition) is 4. The number of alkyl halides is 2. The fraction of sp³-hybridized carbons (Fsp3) is 0.333. The van der Waals surface area contributed by atoms with Gasteiger partial charge in [-0.05, 0) is 42.2 Å². The number of carbonyl (C=O) groups excluding carboxylic acids is 1. The van der Waals surface area contributed by atoms with Crippen LogP contribution in [0.3, 0.4) is 0 Å². The number of amides is 2. The van der Waals surface area contributed by atoms with Crippen molar-refractivity contribution >= 4 is 11.7 Å². The summed E-state index contributed by atoms with van der Waals surface area (Å²) >= 11 is 0. The van der Waals surface area contributed by atoms with E-state index in [4.69, 9.17) is 9.57 Å². The van der Waals surface area contributed by atoms with Crippen molar-refractivity contribution in [3.8, 4) is 0 Å². The molecular formula is C24H27F2N3O3. The van der Waals surface area contributed by atoms with Crippen LogP contribution in [-0.4, -0.2) is 30.6 Å². The van der Waals surface area contributed by atoms with E-state index in [0.29, 0.717) is 17.8 Å². The van der Waals surface area contributed by atoms with Gasteiger partial charge in [0.15, 0.2) is 0 Å². The number of urea groups is 1. The quantitative estimate of drug-likeness (QED) is 0.583. The number of oxime groups is 1. The molecule has 0 radical (unpaired) electrons. The Kier molecular flexibility index (Phi) is 6.93. The van der Waals surface area contributed by atoms with Crippen LogP contribution in [0.5, 0.6) is 0 Å². The summed E-state index contributed by atoms with van der Waals surface area (Å²) in [7, 11) is 1.16. The number of nitrogens with zero attached hydrogens (tertiary/aromatic N) is 1. The van der Waals surface area contributed by atoms with E-state index >= 15 is 0 Å². The minimum atomic E-state index is -3.41. The van der Waals surface area contributed by atoms with Gasteiger partial charge in [-0.1, -0.05) is 59.8 Å². The molecule has 0 bridgehead atoms. The van der Waals surface area contributed by atoms with E-state index in [1.54, 1.807) is 18.2 Å². The minimum Gasteiger partial charge on any atom is -0.352 e. The lowest BCUT2D eigenvalue weighted by molar-refractivity contribution is -0.303. The molecular weight excluding hydrogens is 416 g/mol. The summed E-state index contributed by atoms with van der Waals surface area (Å²) in [5, 5.41) is 9.45. The maximum atomic E-state index is 14.6. The Balaban J connectivity index is 1.59. The van der Waals surface area contributed by atoms with Crippen LogP contribution in [0.2, 0.25) is 0 Å². The van der Waals surface area contributed by atoms with Crippen molar-refractivity contribution in [1.82, 2.24) is 10.6 Å². The number of hydrogen-bond donors (Lipinski definition) is 2. The Morgan fingerprint density at radius 3 is 2.47 bits per heavy atom. The first-order chi connectivity index (χ1) is 15.2. The molecule has 2 N–H and O–H groups in total. The zero-order chi connectivity index (χ0) is 23.4. The van der Waals surface area contributed by atoms with Crippen LogP contribution in [-0.2, 0) is 22.7 Å². The highest BCUT2D eigenvalue weighted by Crippen LogP contribution is 2.44. The zero-order valence-corrected chi connectivity index (χ0v) is 18.4. The molecule has 2 amide bonds. The van der Waals surface area contributed by atoms with Crippen molar-refractivity contribution in [2.24, 2.45) is 5.16 Å². The van der Waals surface area contributed by atoms with E-state index in [1.807, 2.05) is 37.3 Å². The van der Waals surface area contributed by atoms with E-state index in [-0.39, 0.29) is 24.6 Å². The second-order valence-corrected chi connectivity index (χ2v) is 7.84. The zero-order valence-electron chi connectivity index (χ0n) is 18.4. The molecule has 1 aliphatic rings. The molecule has 32 heavy (non-hydrogen) atoms. The highest BCUT2D eigenvalue weighted by atomic mass is 19.3. The molecule has 6 nitrogen and oxygen atoms in total. The number of benzene rings is 2. The number of nitrogens with one attached hydrogen (secondary N) is 2. The molecule has 1 heterocycles. The Labute approximate surface area is 186 Å². The maximum Gasteiger partial charge on any atom is 0.335 e. The van der Waals surface area contributed by atoms with E-state index < -0.39 is 11.7 Å². The first-order valence-electron chi connectivity index (χ1n) is 10.2. The van der Waals surface area contributed by atoms with Gasteiger partial charge in [-0.15, -0.1) is 0 Å². The van der Waals surface area contributed by atoms with Crippen molar-refractivity contribution in [1.29, 1.82) is 0 Å². The molecule has 170 valence electrons. The number of aryl methyl sites for hydroxylation is 1. The molecule has 0 aliphatic carbocycles. The van der Waals surface area contributed by atoms with E-state index in [2.05, 4.69) is 22.4 Å². The molecule has 0 spiro atoms. The lowest BCUT2D eigenvalue weighted by atomic mass is 9.94. The van der Waals surface area contributed by atoms with Crippen molar-refractivity contribution in [3.05, 3.63) is 82.9 Å². The Bertz CT molecular complexity index is 1020. The van der Waals surface area contributed by atoms with Crippen molar-refractivity contribution in [3.63, 3.8) is 0 Å². The van der Waals surface area contributed by atoms with Crippen LogP contribution in [0.25, 0.3) is 0 Å². The predicted molar refractivity (Wildman–Crippen MR) is 118 cm³/mol. The summed E-state index contributed by atoms with van der Waals surface area (Å²) in [6.45, 7) is 7.25. The standard InChI is InChI=1S/C24H27F2N3O3/c1-16(2)24(25,26)23(31-4)13-21(29-32-23)20-7-5-6-19(12-20)15-28-22(30)27-14-18-10-8-17(3)9-11-18/h5-12H,1,13-15H2,2-4H3,(H2,27,28,30). The van der Waals surface area contributed by atoms with E-state index in [0.717, 1.165) is 23.8 Å². The number of ether oxygens (including phenoxy) is 1. The van der Waals surface area contributed by atoms with Gasteiger partial charge in [0.1, 0.15) is 0 Å². The summed E-state index contributed by atoms with van der Waals surface area (Å²) in [5.74, 6) is -5.64. The van der Waals surface area contributed by atoms with Gasteiger partial charge in [0.25, 0.3) is 0 Å². The Morgan fingerprint density at radius 2 is 1.84 bits per heavy atom. The molecule has 0 saturated heterocycles. The van der Waals surface area contributed by atoms with Crippen LogP contribution in [0, 0.1) is 6.92 Å². The molecule has 8 heteroatoms. The number of carbonyl (C=O) groups is 1. The molecule has 2 aromatic carbocycles. The third-order valence-corrected chi connectivity index (χ3v) is 5.33. The molecule has 1 unspecified atom stereocenters. The fourth-order valence-corrected chi connectivity index (χ4v) is 3.29. The lowest BCUT2D eigenvalue weighted by Gasteiger charge is -2.33. The summed E-state index contributed by atoms with van der Waals surface area (Å²) in [5.41, 5.74) is 3.52. The summed E-state index contributed by atoms with van der Waals surface area (Å²) in [6, 6.07) is 14.7. The highest BCUT2D eigenvalue weighted by Gasteiger charge is 2.61. The predicted octanol–water partition coefficient (Wildman–Crippen LogP) is 4.67. The van der Waals surface area contributed by atoms with Crippen molar-refractivity contribution in [2.45, 2.75) is 45.1 Å². The molecule has 0 aromatic heterocycles. The monoisotopic (exact) mass is 443 g/mol. The molecule has 3 rings (SSSR count). The SMILES string of the molecule is C=C(C)C(F)(F)C1(OC)CC(c2cccc(CNC(=O)NCc3ccc(C)cc3)c2)=NO1. The van der Waals surface area contributed by atoms with Crippen LogP contribution in [0.4, 0.5) is 13.6 Å². The van der Waals surface area contributed by atoms with E-state index in [1.165, 1.54) is 6.92 Å². The van der Waals surface area contributed by atoms with Gasteiger partial charge in [-0.2, -0.15) is 8.78 Å². The third kappa shape index (κ3) is 4.96. The van der Waals surface area contributed by atoms with Crippen LogP contribution in [0.1, 0.15) is 35.6 Å². The second-order valence-electron chi connectivity index (χ2n) is 7.84. The van der Waals surface area contributed by atoms with Crippen LogP contribution in [0.15, 0.2) is 65.8 Å². The molecule has 0 fully saturated rings. The first kappa shape index (κ1) is 23.4. The van der Waals surface area contributed by atoms with E-state index in [9.17, 15) is 13.6 Å². The molecule has 2 aromatic rings. The average Bonchev–Trinajstić information content (AvgIpc) is 3.24. The van der Waals surface area contributed by atoms with Gasteiger partial charge in [0.05, 0.1) is 12.1 Å². The third-order valence-electron chi connectivity index (χ3n) is 5.33. The Hall–Kier alpha value is -3.26. The number of halogens is 2. The van der Waals surface area contributed by atoms with Crippen molar-refractivity contribution in [2.75, 3.05) is 7.11 Å². The minimum absolute atomic E-state index is 0.239. The fourth-order valence-electron chi connectivity index (χ4n) is 3.29. The van der Waals surface area contributed by atoms with Gasteiger partial charge in [0.2, 0.25) is 0 Å². The maximum absolute atomic E-state index is 14.6. The van der Waals surface area contributed by atoms with Gasteiger partial charge in [-0.3, -0.25) is 0 Å². The summed E-state index contributed by atoms with van der Waals surface area (Å²) < 4.78 is 34.3. The lowest BCUT2D eigenvalue weighted by Crippen LogP contribution is -2.50.